The lowest BCUT2D eigenvalue weighted by Crippen LogP contribution is -2.32. The SMILES string of the molecule is CCCCN(CC)C(=O)c1cc(-c2ccccc2F)nc2onc(C)c12. The number of hydrogen-bond donors (Lipinski definition) is 0. The van der Waals surface area contributed by atoms with Crippen LogP contribution in [-0.4, -0.2) is 34.0 Å². The van der Waals surface area contributed by atoms with Crippen LogP contribution in [0, 0.1) is 12.7 Å². The number of amides is 1. The lowest BCUT2D eigenvalue weighted by molar-refractivity contribution is 0.0764. The lowest BCUT2D eigenvalue weighted by Gasteiger charge is -2.21. The first kappa shape index (κ1) is 18.0. The van der Waals surface area contributed by atoms with E-state index in [0.29, 0.717) is 41.0 Å². The quantitative estimate of drug-likeness (QED) is 0.648. The molecule has 0 N–H and O–H groups in total. The van der Waals surface area contributed by atoms with Gasteiger partial charge in [0, 0.05) is 18.7 Å². The molecule has 0 aliphatic heterocycles. The molecule has 0 radical (unpaired) electrons. The number of hydrogen-bond acceptors (Lipinski definition) is 4. The molecule has 0 spiro atoms. The fourth-order valence-electron chi connectivity index (χ4n) is 2.99. The summed E-state index contributed by atoms with van der Waals surface area (Å²) in [5, 5.41) is 4.53. The molecule has 1 aromatic carbocycles. The largest absolute Gasteiger partial charge is 0.339 e. The van der Waals surface area contributed by atoms with E-state index in [1.165, 1.54) is 6.07 Å². The highest BCUT2D eigenvalue weighted by Gasteiger charge is 2.23. The monoisotopic (exact) mass is 355 g/mol. The van der Waals surface area contributed by atoms with Gasteiger partial charge in [-0.1, -0.05) is 30.6 Å². The van der Waals surface area contributed by atoms with Crippen LogP contribution in [0.15, 0.2) is 34.9 Å². The number of halogens is 1. The average Bonchev–Trinajstić information content (AvgIpc) is 3.03. The first-order valence-electron chi connectivity index (χ1n) is 8.88. The number of carbonyl (C=O) groups excluding carboxylic acids is 1. The van der Waals surface area contributed by atoms with E-state index in [-0.39, 0.29) is 11.6 Å². The van der Waals surface area contributed by atoms with Gasteiger partial charge in [-0.3, -0.25) is 4.79 Å². The molecule has 2 aromatic heterocycles. The van der Waals surface area contributed by atoms with Crippen LogP contribution in [-0.2, 0) is 0 Å². The molecule has 136 valence electrons. The van der Waals surface area contributed by atoms with E-state index in [0.717, 1.165) is 12.8 Å². The third kappa shape index (κ3) is 3.31. The number of unbranched alkanes of at least 4 members (excludes halogenated alkanes) is 1. The zero-order valence-electron chi connectivity index (χ0n) is 15.3. The molecule has 1 amide bonds. The third-order valence-electron chi connectivity index (χ3n) is 4.45. The van der Waals surface area contributed by atoms with Crippen molar-refractivity contribution in [2.45, 2.75) is 33.6 Å². The van der Waals surface area contributed by atoms with Gasteiger partial charge in [-0.2, -0.15) is 0 Å². The van der Waals surface area contributed by atoms with Crippen molar-refractivity contribution in [2.24, 2.45) is 0 Å². The fourth-order valence-corrected chi connectivity index (χ4v) is 2.99. The Morgan fingerprint density at radius 1 is 1.27 bits per heavy atom. The second-order valence-corrected chi connectivity index (χ2v) is 6.22. The Morgan fingerprint density at radius 3 is 2.73 bits per heavy atom. The topological polar surface area (TPSA) is 59.2 Å². The predicted molar refractivity (Wildman–Crippen MR) is 98.4 cm³/mol. The van der Waals surface area contributed by atoms with E-state index < -0.39 is 5.82 Å². The van der Waals surface area contributed by atoms with Gasteiger partial charge in [-0.15, -0.1) is 0 Å². The number of aryl methyl sites for hydroxylation is 1. The molecule has 0 saturated heterocycles. The lowest BCUT2D eigenvalue weighted by atomic mass is 10.0. The summed E-state index contributed by atoms with van der Waals surface area (Å²) in [7, 11) is 0. The molecular weight excluding hydrogens is 333 g/mol. The van der Waals surface area contributed by atoms with Crippen LogP contribution in [0.4, 0.5) is 4.39 Å². The zero-order valence-corrected chi connectivity index (χ0v) is 15.3. The summed E-state index contributed by atoms with van der Waals surface area (Å²) in [6, 6.07) is 7.99. The van der Waals surface area contributed by atoms with Crippen molar-refractivity contribution in [3.63, 3.8) is 0 Å². The van der Waals surface area contributed by atoms with Crippen LogP contribution >= 0.6 is 0 Å². The Bertz CT molecular complexity index is 936. The molecule has 0 fully saturated rings. The maximum absolute atomic E-state index is 14.2. The van der Waals surface area contributed by atoms with E-state index in [1.807, 2.05) is 6.92 Å². The predicted octanol–water partition coefficient (Wildman–Crippen LogP) is 4.60. The molecule has 0 aliphatic carbocycles. The number of nitrogens with zero attached hydrogens (tertiary/aromatic N) is 3. The Morgan fingerprint density at radius 2 is 2.04 bits per heavy atom. The van der Waals surface area contributed by atoms with Crippen LogP contribution in [0.5, 0.6) is 0 Å². The number of pyridine rings is 1. The molecule has 3 aromatic rings. The molecule has 0 aliphatic rings. The summed E-state index contributed by atoms with van der Waals surface area (Å²) in [6.45, 7) is 7.08. The van der Waals surface area contributed by atoms with Crippen molar-refractivity contribution in [1.82, 2.24) is 15.0 Å². The molecule has 6 heteroatoms. The van der Waals surface area contributed by atoms with Crippen LogP contribution in [0.25, 0.3) is 22.4 Å². The molecule has 0 saturated carbocycles. The highest BCUT2D eigenvalue weighted by atomic mass is 19.1. The molecule has 26 heavy (non-hydrogen) atoms. The van der Waals surface area contributed by atoms with Gasteiger partial charge < -0.3 is 9.42 Å². The van der Waals surface area contributed by atoms with Gasteiger partial charge in [0.25, 0.3) is 11.6 Å². The van der Waals surface area contributed by atoms with E-state index >= 15 is 0 Å². The number of fused-ring (bicyclic) bond motifs is 1. The fraction of sp³-hybridized carbons (Fsp3) is 0.350. The van der Waals surface area contributed by atoms with Crippen molar-refractivity contribution < 1.29 is 13.7 Å². The second kappa shape index (κ2) is 7.64. The van der Waals surface area contributed by atoms with Crippen molar-refractivity contribution in [3.8, 4) is 11.3 Å². The van der Waals surface area contributed by atoms with Gasteiger partial charge in [0.15, 0.2) is 0 Å². The summed E-state index contributed by atoms with van der Waals surface area (Å²) in [5.74, 6) is -0.510. The third-order valence-corrected chi connectivity index (χ3v) is 4.45. The van der Waals surface area contributed by atoms with Gasteiger partial charge >= 0.3 is 0 Å². The van der Waals surface area contributed by atoms with Gasteiger partial charge in [-0.25, -0.2) is 9.37 Å². The number of rotatable bonds is 6. The van der Waals surface area contributed by atoms with Crippen molar-refractivity contribution >= 4 is 17.0 Å². The molecule has 5 nitrogen and oxygen atoms in total. The first-order chi connectivity index (χ1) is 12.6. The standard InChI is InChI=1S/C20H22FN3O2/c1-4-6-11-24(5-2)20(25)15-12-17(14-9-7-8-10-16(14)21)22-19-18(15)13(3)23-26-19/h7-10,12H,4-6,11H2,1-3H3. The highest BCUT2D eigenvalue weighted by Crippen LogP contribution is 2.29. The smallest absolute Gasteiger partial charge is 0.259 e. The summed E-state index contributed by atoms with van der Waals surface area (Å²) < 4.78 is 19.5. The van der Waals surface area contributed by atoms with E-state index in [2.05, 4.69) is 17.1 Å². The minimum atomic E-state index is -0.396. The van der Waals surface area contributed by atoms with Gasteiger partial charge in [0.2, 0.25) is 0 Å². The van der Waals surface area contributed by atoms with Gasteiger partial charge in [0.05, 0.1) is 22.3 Å². The van der Waals surface area contributed by atoms with E-state index in [1.54, 1.807) is 36.1 Å². The minimum Gasteiger partial charge on any atom is -0.339 e. The van der Waals surface area contributed by atoms with E-state index in [9.17, 15) is 9.18 Å². The summed E-state index contributed by atoms with van der Waals surface area (Å²) >= 11 is 0. The Balaban J connectivity index is 2.15. The molecular formula is C20H22FN3O2. The van der Waals surface area contributed by atoms with Gasteiger partial charge in [-0.05, 0) is 38.5 Å². The molecule has 0 atom stereocenters. The first-order valence-corrected chi connectivity index (χ1v) is 8.88. The van der Waals surface area contributed by atoms with Crippen LogP contribution < -0.4 is 0 Å². The molecule has 2 heterocycles. The molecule has 0 unspecified atom stereocenters. The summed E-state index contributed by atoms with van der Waals surface area (Å²) in [4.78, 5) is 19.3. The maximum atomic E-state index is 14.2. The number of benzene rings is 1. The van der Waals surface area contributed by atoms with Crippen LogP contribution in [0.1, 0.15) is 42.7 Å². The van der Waals surface area contributed by atoms with Crippen LogP contribution in [0.3, 0.4) is 0 Å². The normalized spacial score (nSPS) is 11.1. The number of aromatic nitrogens is 2. The number of carbonyl (C=O) groups is 1. The average molecular weight is 355 g/mol. The van der Waals surface area contributed by atoms with Crippen molar-refractivity contribution in [1.29, 1.82) is 0 Å². The summed E-state index contributed by atoms with van der Waals surface area (Å²) in [5.41, 5.74) is 1.99. The minimum absolute atomic E-state index is 0.114. The van der Waals surface area contributed by atoms with Crippen molar-refractivity contribution in [3.05, 3.63) is 47.4 Å². The van der Waals surface area contributed by atoms with Crippen LogP contribution in [0.2, 0.25) is 0 Å². The highest BCUT2D eigenvalue weighted by molar-refractivity contribution is 6.07. The Hall–Kier alpha value is -2.76. The second-order valence-electron chi connectivity index (χ2n) is 6.22. The van der Waals surface area contributed by atoms with Crippen molar-refractivity contribution in [2.75, 3.05) is 13.1 Å². The summed E-state index contributed by atoms with van der Waals surface area (Å²) in [6.07, 6.45) is 1.93. The van der Waals surface area contributed by atoms with Gasteiger partial charge in [0.1, 0.15) is 5.82 Å². The maximum Gasteiger partial charge on any atom is 0.259 e. The Labute approximate surface area is 151 Å². The Kier molecular flexibility index (Phi) is 5.30. The molecule has 3 rings (SSSR count). The van der Waals surface area contributed by atoms with E-state index in [4.69, 9.17) is 4.52 Å². The molecule has 0 bridgehead atoms. The zero-order chi connectivity index (χ0) is 18.7.